The molecule has 2 aromatic rings. The van der Waals surface area contributed by atoms with Crippen LogP contribution in [0.1, 0.15) is 117 Å². The molecule has 10 atom stereocenters. The molecule has 0 aromatic heterocycles. The molecule has 0 radical (unpaired) electrons. The van der Waals surface area contributed by atoms with Crippen LogP contribution in [0.5, 0.6) is 0 Å². The Bertz CT molecular complexity index is 1810. The molecule has 65 heavy (non-hydrogen) atoms. The maximum Gasteiger partial charge on any atom is 0.251 e. The molecule has 20 heteroatoms. The first kappa shape index (κ1) is 54.5. The third kappa shape index (κ3) is 18.9. The Balaban J connectivity index is 0.000000347. The summed E-state index contributed by atoms with van der Waals surface area (Å²) >= 11 is 0. The van der Waals surface area contributed by atoms with Crippen LogP contribution < -0.4 is 21.7 Å². The molecule has 20 nitrogen and oxygen atoms in total. The van der Waals surface area contributed by atoms with Gasteiger partial charge in [0.15, 0.2) is 12.6 Å². The van der Waals surface area contributed by atoms with Gasteiger partial charge in [-0.1, -0.05) is 80.9 Å². The largest absolute Gasteiger partial charge is 0.394 e. The molecule has 2 saturated heterocycles. The Labute approximate surface area is 381 Å². The lowest BCUT2D eigenvalue weighted by atomic mass is 9.81. The van der Waals surface area contributed by atoms with E-state index >= 15 is 0 Å². The van der Waals surface area contributed by atoms with Crippen molar-refractivity contribution < 1.29 is 48.7 Å². The van der Waals surface area contributed by atoms with Gasteiger partial charge in [-0.05, 0) is 90.4 Å². The predicted molar refractivity (Wildman–Crippen MR) is 243 cm³/mol. The molecule has 0 saturated carbocycles. The van der Waals surface area contributed by atoms with E-state index in [-0.39, 0.29) is 48.9 Å². The Morgan fingerprint density at radius 2 is 1.17 bits per heavy atom. The molecule has 2 aliphatic heterocycles. The number of unbranched alkanes of at least 4 members (excludes halogenated alkanes) is 6. The van der Waals surface area contributed by atoms with E-state index in [2.05, 4.69) is 56.8 Å². The number of rotatable bonds is 25. The Morgan fingerprint density at radius 3 is 1.62 bits per heavy atom. The molecular weight excluding hydrogens is 841 g/mol. The number of nitrogens with two attached hydrogens (primary N) is 1. The van der Waals surface area contributed by atoms with E-state index in [1.807, 2.05) is 0 Å². The van der Waals surface area contributed by atoms with Crippen LogP contribution in [-0.2, 0) is 36.8 Å². The first-order chi connectivity index (χ1) is 31.3. The van der Waals surface area contributed by atoms with Gasteiger partial charge in [0.25, 0.3) is 11.8 Å². The Kier molecular flexibility index (Phi) is 25.5. The average molecular weight is 911 g/mol. The molecule has 2 aliphatic rings. The zero-order valence-corrected chi connectivity index (χ0v) is 38.2. The number of amides is 3. The van der Waals surface area contributed by atoms with Crippen LogP contribution in [0, 0.1) is 11.8 Å². The number of carbonyl (C=O) groups excluding carboxylic acids is 3. The van der Waals surface area contributed by atoms with Crippen LogP contribution in [-0.4, -0.2) is 115 Å². The fourth-order valence-corrected chi connectivity index (χ4v) is 7.51. The normalized spacial score (nSPS) is 24.9. The van der Waals surface area contributed by atoms with Crippen LogP contribution in [0.4, 0.5) is 0 Å². The lowest BCUT2D eigenvalue weighted by molar-refractivity contribution is -0.265. The number of nitrogens with one attached hydrogen (secondary N) is 3. The summed E-state index contributed by atoms with van der Waals surface area (Å²) in [4.78, 5) is 41.4. The Morgan fingerprint density at radius 1 is 0.708 bits per heavy atom. The molecule has 3 amide bonds. The van der Waals surface area contributed by atoms with Crippen LogP contribution in [0.2, 0.25) is 0 Å². The molecule has 0 aliphatic carbocycles. The Hall–Kier alpha value is -4.85. The van der Waals surface area contributed by atoms with E-state index in [4.69, 9.17) is 35.7 Å². The number of carbonyl (C=O) groups is 3. The van der Waals surface area contributed by atoms with Gasteiger partial charge in [0.1, 0.15) is 18.3 Å². The third-order valence-corrected chi connectivity index (χ3v) is 11.6. The summed E-state index contributed by atoms with van der Waals surface area (Å²) in [6.45, 7) is 10.2. The van der Waals surface area contributed by atoms with E-state index in [0.29, 0.717) is 43.3 Å². The van der Waals surface area contributed by atoms with Crippen molar-refractivity contribution in [3.05, 3.63) is 91.7 Å². The van der Waals surface area contributed by atoms with Gasteiger partial charge in [0.05, 0.1) is 37.9 Å². The van der Waals surface area contributed by atoms with Crippen molar-refractivity contribution in [2.45, 2.75) is 148 Å². The highest BCUT2D eigenvalue weighted by Gasteiger charge is 2.43. The molecule has 2 fully saturated rings. The average Bonchev–Trinajstić information content (AvgIpc) is 3.31. The first-order valence-corrected chi connectivity index (χ1v) is 22.6. The second-order valence-corrected chi connectivity index (χ2v) is 16.4. The highest BCUT2D eigenvalue weighted by atomic mass is 16.7. The van der Waals surface area contributed by atoms with Crippen molar-refractivity contribution in [2.24, 2.45) is 27.8 Å². The quantitative estimate of drug-likeness (QED) is 0.0291. The number of hydrogen-bond donors (Lipinski definition) is 7. The molecule has 360 valence electrons. The summed E-state index contributed by atoms with van der Waals surface area (Å²) in [5, 5.41) is 44.6. The zero-order chi connectivity index (χ0) is 47.6. The van der Waals surface area contributed by atoms with Crippen LogP contribution in [0.15, 0.2) is 58.8 Å². The first-order valence-electron chi connectivity index (χ1n) is 22.6. The van der Waals surface area contributed by atoms with Crippen molar-refractivity contribution >= 4 is 17.7 Å². The minimum atomic E-state index is -1.24. The fraction of sp³-hybridized carbons (Fsp3) is 0.667. The van der Waals surface area contributed by atoms with Gasteiger partial charge in [0.2, 0.25) is 5.91 Å². The number of azide groups is 2. The molecule has 2 aromatic carbocycles. The van der Waals surface area contributed by atoms with Gasteiger partial charge < -0.3 is 56.0 Å². The van der Waals surface area contributed by atoms with Crippen molar-refractivity contribution in [1.82, 2.24) is 16.0 Å². The molecular formula is C45H70N10O10. The summed E-state index contributed by atoms with van der Waals surface area (Å²) < 4.78 is 23.2. The van der Waals surface area contributed by atoms with Crippen molar-refractivity contribution in [2.75, 3.05) is 32.9 Å². The van der Waals surface area contributed by atoms with E-state index in [1.165, 1.54) is 6.92 Å². The molecule has 4 unspecified atom stereocenters. The minimum absolute atomic E-state index is 0.0673. The SMILES string of the molecule is CCC1O[C@@H](OCCCCCCNC(=O)c2ccc(CN=[N+]=[N-])cc2)C(NC(C)=O)[C@@H](C)[C@@H]1C.[N-]=[N+]=NCc1ccc(C(=O)NCCCCCCO[C@@H]2OC(CO)[C@@H](O)[C@H](O)C2N)cc1. The molecule has 0 bridgehead atoms. The minimum Gasteiger partial charge on any atom is -0.394 e. The fourth-order valence-electron chi connectivity index (χ4n) is 7.51. The maximum absolute atomic E-state index is 12.2. The lowest BCUT2D eigenvalue weighted by Crippen LogP contribution is -2.62. The number of aliphatic hydroxyl groups excluding tert-OH is 3. The van der Waals surface area contributed by atoms with E-state index in [9.17, 15) is 29.7 Å². The third-order valence-electron chi connectivity index (χ3n) is 11.6. The van der Waals surface area contributed by atoms with Crippen LogP contribution in [0.25, 0.3) is 20.9 Å². The van der Waals surface area contributed by atoms with Gasteiger partial charge in [-0.3, -0.25) is 14.4 Å². The van der Waals surface area contributed by atoms with Crippen LogP contribution in [0.3, 0.4) is 0 Å². The standard InChI is InChI=1S/C25H39N5O4.C20H31N5O6/c1-5-22-17(2)18(3)23(29-19(4)31)25(34-22)33-15-9-7-6-8-14-27-24(32)21-12-10-20(11-13-21)16-28-30-26;21-16-18(28)17(27)15(12-26)31-20(16)30-10-4-2-1-3-9-23-19(29)14-7-5-13(6-8-14)11-24-25-22/h10-13,17-18,22-23,25H,5-9,14-16H2,1-4H3,(H,27,32)(H,29,31);5-8,15-18,20,26-28H,1-4,9-12,21H2,(H,23,29)/t17-,18-,22?,23?,25+;15?,16?,17-,18-,20-/m01/s1. The maximum atomic E-state index is 12.2. The molecule has 4 rings (SSSR count). The highest BCUT2D eigenvalue weighted by Crippen LogP contribution is 2.33. The zero-order valence-electron chi connectivity index (χ0n) is 38.2. The second kappa shape index (κ2) is 30.4. The summed E-state index contributed by atoms with van der Waals surface area (Å²) in [6.07, 6.45) is 3.46. The summed E-state index contributed by atoms with van der Waals surface area (Å²) in [7, 11) is 0. The number of nitrogens with zero attached hydrogens (tertiary/aromatic N) is 6. The van der Waals surface area contributed by atoms with Crippen molar-refractivity contribution in [3.8, 4) is 0 Å². The van der Waals surface area contributed by atoms with Gasteiger partial charge in [0, 0.05) is 54.2 Å². The molecule has 8 N–H and O–H groups in total. The van der Waals surface area contributed by atoms with E-state index in [1.54, 1.807) is 48.5 Å². The van der Waals surface area contributed by atoms with Crippen molar-refractivity contribution in [3.63, 3.8) is 0 Å². The summed E-state index contributed by atoms with van der Waals surface area (Å²) in [5.41, 5.74) is 25.3. The summed E-state index contributed by atoms with van der Waals surface area (Å²) in [5.74, 6) is 0.306. The molecule has 2 heterocycles. The lowest BCUT2D eigenvalue weighted by Gasteiger charge is -2.44. The molecule has 0 spiro atoms. The van der Waals surface area contributed by atoms with Crippen molar-refractivity contribution in [1.29, 1.82) is 0 Å². The number of benzene rings is 2. The van der Waals surface area contributed by atoms with Gasteiger partial charge in [-0.15, -0.1) is 0 Å². The van der Waals surface area contributed by atoms with Gasteiger partial charge in [-0.2, -0.15) is 0 Å². The van der Waals surface area contributed by atoms with Crippen LogP contribution >= 0.6 is 0 Å². The monoisotopic (exact) mass is 911 g/mol. The second-order valence-electron chi connectivity index (χ2n) is 16.4. The topological polar surface area (TPSA) is 308 Å². The van der Waals surface area contributed by atoms with E-state index in [0.717, 1.165) is 68.9 Å². The number of ether oxygens (including phenoxy) is 4. The summed E-state index contributed by atoms with van der Waals surface area (Å²) in [6, 6.07) is 12.9. The highest BCUT2D eigenvalue weighted by molar-refractivity contribution is 5.94. The predicted octanol–water partition coefficient (Wildman–Crippen LogP) is 5.29. The smallest absolute Gasteiger partial charge is 0.251 e. The van der Waals surface area contributed by atoms with Gasteiger partial charge in [-0.25, -0.2) is 0 Å². The van der Waals surface area contributed by atoms with E-state index < -0.39 is 43.5 Å². The number of hydrogen-bond acceptors (Lipinski definition) is 13. The van der Waals surface area contributed by atoms with Gasteiger partial charge >= 0.3 is 0 Å². The number of aliphatic hydroxyl groups is 3.